The van der Waals surface area contributed by atoms with E-state index in [-0.39, 0.29) is 0 Å². The number of rotatable bonds is 8. The highest BCUT2D eigenvalue weighted by atomic mass is 28.4. The SMILES string of the molecule is CCN[Si](N)N[SiH](CC)N[SiH]CC. The van der Waals surface area contributed by atoms with Gasteiger partial charge in [-0.25, -0.2) is 0 Å². The Labute approximate surface area is 87.6 Å². The Morgan fingerprint density at radius 2 is 2.08 bits per heavy atom. The number of hydrogen-bond acceptors (Lipinski definition) is 4. The van der Waals surface area contributed by atoms with Gasteiger partial charge in [0.2, 0.25) is 0 Å². The fourth-order valence-corrected chi connectivity index (χ4v) is 8.17. The Bertz CT molecular complexity index is 116. The molecule has 0 fully saturated rings. The Balaban J connectivity index is 3.56. The molecule has 0 aromatic heterocycles. The first-order valence-electron chi connectivity index (χ1n) is 4.95. The summed E-state index contributed by atoms with van der Waals surface area (Å²) >= 11 is 0. The largest absolute Gasteiger partial charge is 0.353 e. The lowest BCUT2D eigenvalue weighted by molar-refractivity contribution is 0.957. The molecule has 0 saturated heterocycles. The van der Waals surface area contributed by atoms with E-state index in [2.05, 4.69) is 35.0 Å². The van der Waals surface area contributed by atoms with Crippen LogP contribution < -0.4 is 19.7 Å². The molecule has 0 bridgehead atoms. The van der Waals surface area contributed by atoms with Crippen molar-refractivity contribution in [3.8, 4) is 0 Å². The molecule has 0 heterocycles. The molecule has 5 N–H and O–H groups in total. The second-order valence-corrected chi connectivity index (χ2v) is 9.64. The molecule has 2 radical (unpaired) electrons. The molecule has 0 rings (SSSR count). The molecule has 1 atom stereocenters. The van der Waals surface area contributed by atoms with E-state index in [4.69, 9.17) is 5.40 Å². The zero-order valence-electron chi connectivity index (χ0n) is 8.85. The molecule has 0 saturated carbocycles. The second kappa shape index (κ2) is 9.06. The standard InChI is InChI=1S/C6H22N4Si3/c1-4-8-13(7)10-12(6-3)9-11-5-2/h8-12H,4-7H2,1-3H3. The van der Waals surface area contributed by atoms with Crippen molar-refractivity contribution in [3.05, 3.63) is 0 Å². The van der Waals surface area contributed by atoms with Gasteiger partial charge < -0.3 is 19.7 Å². The quantitative estimate of drug-likeness (QED) is 0.396. The third-order valence-corrected chi connectivity index (χ3v) is 8.78. The van der Waals surface area contributed by atoms with E-state index < -0.39 is 18.4 Å². The number of nitrogens with one attached hydrogen (secondary N) is 3. The van der Waals surface area contributed by atoms with Gasteiger partial charge in [-0.3, -0.25) is 0 Å². The summed E-state index contributed by atoms with van der Waals surface area (Å²) in [6.45, 7) is 7.50. The Morgan fingerprint density at radius 3 is 2.54 bits per heavy atom. The Hall–Kier alpha value is 0.491. The maximum absolute atomic E-state index is 5.92. The highest BCUT2D eigenvalue weighted by Gasteiger charge is 2.12. The molecule has 0 amide bonds. The van der Waals surface area contributed by atoms with Gasteiger partial charge in [0, 0.05) is 0 Å². The van der Waals surface area contributed by atoms with Crippen LogP contribution in [0.25, 0.3) is 0 Å². The minimum absolute atomic E-state index is 0.437. The molecule has 13 heavy (non-hydrogen) atoms. The third-order valence-electron chi connectivity index (χ3n) is 1.63. The van der Waals surface area contributed by atoms with Gasteiger partial charge in [0.05, 0.1) is 0 Å². The van der Waals surface area contributed by atoms with E-state index in [0.29, 0.717) is 9.68 Å². The smallest absolute Gasteiger partial charge is 0.309 e. The molecule has 78 valence electrons. The molecular formula is C6H22N4Si3. The molecular weight excluding hydrogens is 212 g/mol. The van der Waals surface area contributed by atoms with E-state index >= 15 is 0 Å². The average molecular weight is 235 g/mol. The van der Waals surface area contributed by atoms with Gasteiger partial charge in [0.25, 0.3) is 0 Å². The van der Waals surface area contributed by atoms with Crippen molar-refractivity contribution in [2.24, 2.45) is 5.40 Å². The van der Waals surface area contributed by atoms with Gasteiger partial charge in [0.15, 0.2) is 9.12 Å². The molecule has 0 aliphatic carbocycles. The van der Waals surface area contributed by atoms with Crippen molar-refractivity contribution >= 4 is 28.1 Å². The van der Waals surface area contributed by atoms with Gasteiger partial charge >= 0.3 is 9.28 Å². The second-order valence-electron chi connectivity index (χ2n) is 2.83. The summed E-state index contributed by atoms with van der Waals surface area (Å²) in [5.41, 5.74) is 0. The van der Waals surface area contributed by atoms with Crippen LogP contribution in [-0.2, 0) is 0 Å². The van der Waals surface area contributed by atoms with Crippen molar-refractivity contribution in [2.75, 3.05) is 6.54 Å². The third kappa shape index (κ3) is 7.55. The highest BCUT2D eigenvalue weighted by molar-refractivity contribution is 6.73. The Morgan fingerprint density at radius 1 is 1.38 bits per heavy atom. The summed E-state index contributed by atoms with van der Waals surface area (Å²) in [4.78, 5) is 3.26. The lowest BCUT2D eigenvalue weighted by Crippen LogP contribution is -2.64. The maximum atomic E-state index is 5.92. The fraction of sp³-hybridized carbons (Fsp3) is 1.00. The summed E-state index contributed by atoms with van der Waals surface area (Å²) in [5, 5.41) is 5.92. The summed E-state index contributed by atoms with van der Waals surface area (Å²) in [5.74, 6) is 0. The van der Waals surface area contributed by atoms with Crippen LogP contribution in [0.5, 0.6) is 0 Å². The topological polar surface area (TPSA) is 62.1 Å². The van der Waals surface area contributed by atoms with Gasteiger partial charge in [-0.1, -0.05) is 26.8 Å². The van der Waals surface area contributed by atoms with Gasteiger partial charge in [-0.2, -0.15) is 0 Å². The molecule has 4 nitrogen and oxygen atoms in total. The molecule has 7 heteroatoms. The Kier molecular flexibility index (Phi) is 9.40. The normalized spacial score (nSPS) is 13.6. The summed E-state index contributed by atoms with van der Waals surface area (Å²) in [7, 11) is -1.46. The van der Waals surface area contributed by atoms with Gasteiger partial charge in [-0.05, 0) is 12.6 Å². The lowest BCUT2D eigenvalue weighted by Gasteiger charge is -2.19. The van der Waals surface area contributed by atoms with Crippen LogP contribution in [-0.4, -0.2) is 34.6 Å². The monoisotopic (exact) mass is 234 g/mol. The molecule has 0 aromatic carbocycles. The van der Waals surface area contributed by atoms with Gasteiger partial charge in [0.1, 0.15) is 9.68 Å². The molecule has 0 spiro atoms. The van der Waals surface area contributed by atoms with Crippen molar-refractivity contribution in [1.29, 1.82) is 0 Å². The van der Waals surface area contributed by atoms with Crippen LogP contribution in [0.4, 0.5) is 0 Å². The predicted octanol–water partition coefficient (Wildman–Crippen LogP) is -1.25. The van der Waals surface area contributed by atoms with E-state index in [1.165, 1.54) is 12.1 Å². The number of nitrogens with two attached hydrogens (primary N) is 1. The summed E-state index contributed by atoms with van der Waals surface area (Å²) in [6, 6.07) is 2.50. The van der Waals surface area contributed by atoms with Crippen LogP contribution in [0.3, 0.4) is 0 Å². The van der Waals surface area contributed by atoms with Crippen molar-refractivity contribution in [1.82, 2.24) is 14.3 Å². The van der Waals surface area contributed by atoms with Crippen LogP contribution in [0.1, 0.15) is 20.8 Å². The molecule has 0 aliphatic rings. The minimum atomic E-state index is -0.969. The van der Waals surface area contributed by atoms with Gasteiger partial charge in [-0.15, -0.1) is 0 Å². The molecule has 0 aliphatic heterocycles. The minimum Gasteiger partial charge on any atom is -0.353 e. The first-order chi connectivity index (χ1) is 6.24. The zero-order valence-corrected chi connectivity index (χ0v) is 12.2. The van der Waals surface area contributed by atoms with Crippen molar-refractivity contribution < 1.29 is 0 Å². The average Bonchev–Trinajstić information content (AvgIpc) is 2.12. The molecule has 1 unspecified atom stereocenters. The van der Waals surface area contributed by atoms with Crippen molar-refractivity contribution in [3.63, 3.8) is 0 Å². The van der Waals surface area contributed by atoms with E-state index in [0.717, 1.165) is 6.54 Å². The summed E-state index contributed by atoms with van der Waals surface area (Å²) in [6.07, 6.45) is 0. The van der Waals surface area contributed by atoms with Crippen LogP contribution in [0.2, 0.25) is 12.1 Å². The van der Waals surface area contributed by atoms with Crippen molar-refractivity contribution in [2.45, 2.75) is 32.9 Å². The predicted molar refractivity (Wildman–Crippen MR) is 65.1 cm³/mol. The highest BCUT2D eigenvalue weighted by Crippen LogP contribution is 1.81. The molecule has 0 aromatic rings. The maximum Gasteiger partial charge on any atom is 0.309 e. The van der Waals surface area contributed by atoms with E-state index in [1.54, 1.807) is 0 Å². The summed E-state index contributed by atoms with van der Waals surface area (Å²) < 4.78 is 7.14. The van der Waals surface area contributed by atoms with E-state index in [9.17, 15) is 0 Å². The first-order valence-corrected chi connectivity index (χ1v) is 9.89. The van der Waals surface area contributed by atoms with Crippen LogP contribution in [0.15, 0.2) is 0 Å². The van der Waals surface area contributed by atoms with Crippen LogP contribution >= 0.6 is 0 Å². The van der Waals surface area contributed by atoms with E-state index in [1.807, 2.05) is 0 Å². The number of hydrogen-bond donors (Lipinski definition) is 4. The zero-order chi connectivity index (χ0) is 10.1. The lowest BCUT2D eigenvalue weighted by atomic mass is 10.8. The van der Waals surface area contributed by atoms with Crippen LogP contribution in [0, 0.1) is 0 Å². The fourth-order valence-electron chi connectivity index (χ4n) is 0.951. The first kappa shape index (κ1) is 13.5.